The number of amides is 1. The topological polar surface area (TPSA) is 58.2 Å². The fraction of sp³-hybridized carbons (Fsp3) is 0.467. The van der Waals surface area contributed by atoms with E-state index in [0.29, 0.717) is 12.1 Å². The molecule has 0 saturated carbocycles. The molecule has 20 heavy (non-hydrogen) atoms. The Labute approximate surface area is 118 Å². The van der Waals surface area contributed by atoms with Gasteiger partial charge in [-0.15, -0.1) is 0 Å². The average Bonchev–Trinajstić information content (AvgIpc) is 2.38. The van der Waals surface area contributed by atoms with Gasteiger partial charge in [-0.1, -0.05) is 12.1 Å². The fourth-order valence-corrected chi connectivity index (χ4v) is 1.93. The molecule has 1 aromatic rings. The van der Waals surface area contributed by atoms with Crippen molar-refractivity contribution in [3.8, 4) is 0 Å². The number of anilines is 1. The number of hydrogen-bond donors (Lipinski definition) is 2. The lowest BCUT2D eigenvalue weighted by molar-refractivity contribution is -0.120. The Hall–Kier alpha value is -1.91. The van der Waals surface area contributed by atoms with Crippen LogP contribution in [0.2, 0.25) is 0 Å². The molecule has 0 heterocycles. The molecule has 0 aromatic heterocycles. The molecule has 0 aliphatic rings. The molecule has 1 amide bonds. The molecule has 110 valence electrons. The number of halogens is 1. The van der Waals surface area contributed by atoms with Crippen LogP contribution in [0.1, 0.15) is 31.7 Å². The molecule has 0 bridgehead atoms. The Morgan fingerprint density at radius 1 is 1.45 bits per heavy atom. The van der Waals surface area contributed by atoms with Crippen LogP contribution in [-0.2, 0) is 9.59 Å². The van der Waals surface area contributed by atoms with Crippen LogP contribution in [0.3, 0.4) is 0 Å². The highest BCUT2D eigenvalue weighted by atomic mass is 19.1. The van der Waals surface area contributed by atoms with E-state index in [1.165, 1.54) is 6.07 Å². The Balaban J connectivity index is 2.38. The maximum atomic E-state index is 13.5. The number of aldehydes is 1. The first-order chi connectivity index (χ1) is 9.54. The van der Waals surface area contributed by atoms with E-state index in [1.807, 2.05) is 6.92 Å². The fourth-order valence-electron chi connectivity index (χ4n) is 1.93. The molecule has 2 N–H and O–H groups in total. The van der Waals surface area contributed by atoms with Gasteiger partial charge in [-0.3, -0.25) is 4.79 Å². The zero-order valence-electron chi connectivity index (χ0n) is 11.9. The van der Waals surface area contributed by atoms with E-state index in [2.05, 4.69) is 10.6 Å². The Morgan fingerprint density at radius 2 is 2.20 bits per heavy atom. The van der Waals surface area contributed by atoms with Gasteiger partial charge in [0.2, 0.25) is 5.91 Å². The maximum absolute atomic E-state index is 13.5. The van der Waals surface area contributed by atoms with Crippen molar-refractivity contribution < 1.29 is 14.0 Å². The standard InChI is InChI=1S/C15H21FN2O2/c1-11-6-5-8-13(16)15(11)17-10-14(20)18-12(2)7-3-4-9-19/h5-6,8-9,12,17H,3-4,7,10H2,1-2H3,(H,18,20). The highest BCUT2D eigenvalue weighted by Gasteiger charge is 2.09. The molecule has 0 fully saturated rings. The summed E-state index contributed by atoms with van der Waals surface area (Å²) in [5, 5.41) is 5.62. The molecule has 0 spiro atoms. The smallest absolute Gasteiger partial charge is 0.239 e. The van der Waals surface area contributed by atoms with Gasteiger partial charge in [0, 0.05) is 12.5 Å². The van der Waals surface area contributed by atoms with Crippen LogP contribution in [-0.4, -0.2) is 24.8 Å². The first kappa shape index (κ1) is 16.1. The van der Waals surface area contributed by atoms with Crippen molar-refractivity contribution in [2.75, 3.05) is 11.9 Å². The van der Waals surface area contributed by atoms with Gasteiger partial charge >= 0.3 is 0 Å². The Bertz CT molecular complexity index is 443. The minimum atomic E-state index is -0.364. The first-order valence-electron chi connectivity index (χ1n) is 6.76. The lowest BCUT2D eigenvalue weighted by Crippen LogP contribution is -2.36. The number of unbranched alkanes of at least 4 members (excludes halogenated alkanes) is 1. The summed E-state index contributed by atoms with van der Waals surface area (Å²) in [4.78, 5) is 21.9. The number of benzene rings is 1. The molecule has 1 aromatic carbocycles. The molecule has 1 atom stereocenters. The van der Waals surface area contributed by atoms with Gasteiger partial charge < -0.3 is 15.4 Å². The average molecular weight is 280 g/mol. The summed E-state index contributed by atoms with van der Waals surface area (Å²) in [7, 11) is 0. The third-order valence-corrected chi connectivity index (χ3v) is 3.01. The summed E-state index contributed by atoms with van der Waals surface area (Å²) >= 11 is 0. The summed E-state index contributed by atoms with van der Waals surface area (Å²) in [5.41, 5.74) is 1.12. The zero-order valence-corrected chi connectivity index (χ0v) is 11.9. The number of para-hydroxylation sites is 1. The van der Waals surface area contributed by atoms with Crippen LogP contribution >= 0.6 is 0 Å². The molecular weight excluding hydrogens is 259 g/mol. The molecule has 4 nitrogen and oxygen atoms in total. The summed E-state index contributed by atoms with van der Waals surface area (Å²) in [6.07, 6.45) is 2.89. The van der Waals surface area contributed by atoms with Crippen molar-refractivity contribution in [3.63, 3.8) is 0 Å². The highest BCUT2D eigenvalue weighted by Crippen LogP contribution is 2.18. The highest BCUT2D eigenvalue weighted by molar-refractivity contribution is 5.81. The Morgan fingerprint density at radius 3 is 2.85 bits per heavy atom. The van der Waals surface area contributed by atoms with E-state index < -0.39 is 0 Å². The lowest BCUT2D eigenvalue weighted by Gasteiger charge is -2.15. The van der Waals surface area contributed by atoms with Gasteiger partial charge in [0.05, 0.1) is 12.2 Å². The zero-order chi connectivity index (χ0) is 15.0. The second kappa shape index (κ2) is 8.30. The molecule has 0 radical (unpaired) electrons. The van der Waals surface area contributed by atoms with Crippen LogP contribution in [0.15, 0.2) is 18.2 Å². The molecule has 1 rings (SSSR count). The quantitative estimate of drug-likeness (QED) is 0.568. The summed E-state index contributed by atoms with van der Waals surface area (Å²) in [6, 6.07) is 4.78. The van der Waals surface area contributed by atoms with E-state index >= 15 is 0 Å². The SMILES string of the molecule is Cc1cccc(F)c1NCC(=O)NC(C)CCCC=O. The van der Waals surface area contributed by atoms with Crippen molar-refractivity contribution in [1.29, 1.82) is 0 Å². The predicted molar refractivity (Wildman–Crippen MR) is 77.1 cm³/mol. The molecule has 0 aliphatic heterocycles. The van der Waals surface area contributed by atoms with Crippen molar-refractivity contribution >= 4 is 17.9 Å². The minimum absolute atomic E-state index is 0.00553. The summed E-state index contributed by atoms with van der Waals surface area (Å²) in [6.45, 7) is 3.70. The monoisotopic (exact) mass is 280 g/mol. The normalized spacial score (nSPS) is 11.8. The van der Waals surface area contributed by atoms with Crippen molar-refractivity contribution in [1.82, 2.24) is 5.32 Å². The molecule has 1 unspecified atom stereocenters. The first-order valence-corrected chi connectivity index (χ1v) is 6.76. The van der Waals surface area contributed by atoms with Crippen LogP contribution in [0.5, 0.6) is 0 Å². The number of nitrogens with one attached hydrogen (secondary N) is 2. The van der Waals surface area contributed by atoms with Gasteiger partial charge in [-0.25, -0.2) is 4.39 Å². The number of carbonyl (C=O) groups excluding carboxylic acids is 2. The van der Waals surface area contributed by atoms with E-state index in [-0.39, 0.29) is 24.3 Å². The van der Waals surface area contributed by atoms with E-state index in [4.69, 9.17) is 0 Å². The Kier molecular flexibility index (Phi) is 6.70. The van der Waals surface area contributed by atoms with Gasteiger partial charge in [0.1, 0.15) is 12.1 Å². The van der Waals surface area contributed by atoms with Gasteiger partial charge in [0.15, 0.2) is 0 Å². The van der Waals surface area contributed by atoms with Gasteiger partial charge in [0.25, 0.3) is 0 Å². The van der Waals surface area contributed by atoms with Gasteiger partial charge in [-0.05, 0) is 38.3 Å². The van der Waals surface area contributed by atoms with Crippen LogP contribution in [0.4, 0.5) is 10.1 Å². The molecule has 5 heteroatoms. The third kappa shape index (κ3) is 5.38. The van der Waals surface area contributed by atoms with Crippen molar-refractivity contribution in [2.45, 2.75) is 39.2 Å². The van der Waals surface area contributed by atoms with E-state index in [1.54, 1.807) is 19.1 Å². The largest absolute Gasteiger partial charge is 0.374 e. The number of carbonyl (C=O) groups is 2. The number of aryl methyl sites for hydroxylation is 1. The minimum Gasteiger partial charge on any atom is -0.374 e. The summed E-state index contributed by atoms with van der Waals surface area (Å²) < 4.78 is 13.5. The second-order valence-electron chi connectivity index (χ2n) is 4.85. The van der Waals surface area contributed by atoms with Crippen molar-refractivity contribution in [3.05, 3.63) is 29.6 Å². The molecule has 0 saturated heterocycles. The maximum Gasteiger partial charge on any atom is 0.239 e. The van der Waals surface area contributed by atoms with E-state index in [9.17, 15) is 14.0 Å². The predicted octanol–water partition coefficient (Wildman–Crippen LogP) is 2.42. The van der Waals surface area contributed by atoms with Crippen LogP contribution < -0.4 is 10.6 Å². The van der Waals surface area contributed by atoms with Crippen LogP contribution in [0.25, 0.3) is 0 Å². The van der Waals surface area contributed by atoms with Gasteiger partial charge in [-0.2, -0.15) is 0 Å². The van der Waals surface area contributed by atoms with E-state index in [0.717, 1.165) is 24.7 Å². The number of rotatable bonds is 8. The second-order valence-corrected chi connectivity index (χ2v) is 4.85. The molecule has 0 aliphatic carbocycles. The molecular formula is C15H21FN2O2. The third-order valence-electron chi connectivity index (χ3n) is 3.01. The lowest BCUT2D eigenvalue weighted by atomic mass is 10.1. The number of hydrogen-bond acceptors (Lipinski definition) is 3. The summed E-state index contributed by atoms with van der Waals surface area (Å²) in [5.74, 6) is -0.553. The van der Waals surface area contributed by atoms with Crippen LogP contribution in [0, 0.1) is 12.7 Å². The van der Waals surface area contributed by atoms with Crippen molar-refractivity contribution in [2.24, 2.45) is 0 Å².